The number of Topliss-reactive ketones (excluding diaryl/α,β-unsaturated/α-hetero) is 1. The molecule has 7 aliphatic heterocycles. The lowest BCUT2D eigenvalue weighted by molar-refractivity contribution is -0.393. The molecular weight excluding hydrogens is 524 g/mol. The maximum absolute atomic E-state index is 14.3. The summed E-state index contributed by atoms with van der Waals surface area (Å²) in [5.41, 5.74) is -6.43. The summed E-state index contributed by atoms with van der Waals surface area (Å²) in [6.07, 6.45) is -0.374. The van der Waals surface area contributed by atoms with Crippen molar-refractivity contribution in [2.75, 3.05) is 0 Å². The Morgan fingerprint density at radius 3 is 2.45 bits per heavy atom. The summed E-state index contributed by atoms with van der Waals surface area (Å²) in [6.45, 7) is 9.05. The van der Waals surface area contributed by atoms with E-state index in [1.54, 1.807) is 13.0 Å². The van der Waals surface area contributed by atoms with Crippen molar-refractivity contribution in [3.63, 3.8) is 0 Å². The number of carbonyl (C=O) groups excluding carboxylic acids is 3. The number of ketones is 1. The number of allylic oxidation sites excluding steroid dienone is 1. The molecule has 8 fully saturated rings. The molecule has 13 atom stereocenters. The van der Waals surface area contributed by atoms with Gasteiger partial charge in [-0.3, -0.25) is 9.59 Å². The van der Waals surface area contributed by atoms with Crippen molar-refractivity contribution < 1.29 is 53.4 Å². The Bertz CT molecular complexity index is 1460. The van der Waals surface area contributed by atoms with Gasteiger partial charge in [0, 0.05) is 34.8 Å². The molecule has 11 heteroatoms. The first-order valence-electron chi connectivity index (χ1n) is 14.2. The van der Waals surface area contributed by atoms with Gasteiger partial charge in [-0.25, -0.2) is 4.79 Å². The largest absolute Gasteiger partial charge is 0.450 e. The predicted molar refractivity (Wildman–Crippen MR) is 128 cm³/mol. The maximum atomic E-state index is 14.3. The minimum absolute atomic E-state index is 0.117. The Morgan fingerprint density at radius 1 is 1.05 bits per heavy atom. The van der Waals surface area contributed by atoms with E-state index in [0.29, 0.717) is 11.1 Å². The summed E-state index contributed by atoms with van der Waals surface area (Å²) in [5.74, 6) is -9.25. The average molecular weight is 557 g/mol. The van der Waals surface area contributed by atoms with Crippen LogP contribution in [0.2, 0.25) is 0 Å². The van der Waals surface area contributed by atoms with Crippen molar-refractivity contribution in [1.82, 2.24) is 0 Å². The molecule has 0 amide bonds. The Morgan fingerprint density at radius 2 is 1.77 bits per heavy atom. The highest BCUT2D eigenvalue weighted by atomic mass is 16.8. The molecule has 214 valence electrons. The van der Waals surface area contributed by atoms with Gasteiger partial charge in [-0.1, -0.05) is 13.8 Å². The SMILES string of the molecule is CC1=C/C(=C2/[C@@H](C)[C@@H]3C4[C@]3(C)[C@]2(O)C[C@@]23O[C@]4(O)C(=O)[C@@H]2[C@@H]2C[C@H]4C(C)(C)O[C@@H]5CC(=O)O[C@@]54[C@@]3(O)O2)OC1=O. The Balaban J connectivity index is 1.31. The second kappa shape index (κ2) is 6.14. The van der Waals surface area contributed by atoms with Gasteiger partial charge in [0.1, 0.15) is 17.5 Å². The molecule has 11 nitrogen and oxygen atoms in total. The van der Waals surface area contributed by atoms with E-state index < -0.39 is 87.1 Å². The van der Waals surface area contributed by atoms with Crippen molar-refractivity contribution >= 4 is 17.7 Å². The standard InChI is InChI=1S/C29H32O11/c1-10-6-12(36-22(10)32)17-11(2)18-20-24(18,5)25(17,33)9-26-19(21(31)28(20,34)40-26)13-7-14-23(3,4)38-15-8-16(30)39-27(14,15)29(26,35)37-13/h6,11,13-15,18-20,33-35H,7-9H2,1-5H3/b17-12+/t11-,13+,14+,15-,18-,19+,20?,24-,25+,26-,27-,28+,29+/m1/s1. The second-order valence-corrected chi connectivity index (χ2v) is 14.4. The number of esters is 2. The van der Waals surface area contributed by atoms with E-state index in [4.69, 9.17) is 23.7 Å². The van der Waals surface area contributed by atoms with Crippen LogP contribution in [0.25, 0.3) is 0 Å². The molecular formula is C29H32O11. The topological polar surface area (TPSA) is 158 Å². The molecule has 7 heterocycles. The normalized spacial score (nSPS) is 62.9. The van der Waals surface area contributed by atoms with Crippen molar-refractivity contribution in [2.45, 2.75) is 100 Å². The third-order valence-corrected chi connectivity index (χ3v) is 12.7. The number of hydrogen-bond acceptors (Lipinski definition) is 11. The number of hydrogen-bond donors (Lipinski definition) is 3. The molecule has 0 aromatic rings. The lowest BCUT2D eigenvalue weighted by atomic mass is 9.61. The van der Waals surface area contributed by atoms with Gasteiger partial charge < -0.3 is 39.0 Å². The number of ether oxygens (including phenoxy) is 5. The summed E-state index contributed by atoms with van der Waals surface area (Å²) in [7, 11) is 0. The van der Waals surface area contributed by atoms with Gasteiger partial charge in [-0.2, -0.15) is 0 Å². The zero-order valence-corrected chi connectivity index (χ0v) is 22.8. The van der Waals surface area contributed by atoms with Crippen LogP contribution < -0.4 is 0 Å². The lowest BCUT2D eigenvalue weighted by Gasteiger charge is -2.53. The summed E-state index contributed by atoms with van der Waals surface area (Å²) < 4.78 is 30.8. The Labute approximate surface area is 229 Å². The summed E-state index contributed by atoms with van der Waals surface area (Å²) in [5, 5.41) is 37.9. The van der Waals surface area contributed by atoms with E-state index in [9.17, 15) is 29.7 Å². The van der Waals surface area contributed by atoms with Crippen molar-refractivity contribution in [1.29, 1.82) is 0 Å². The first-order valence-corrected chi connectivity index (χ1v) is 14.2. The minimum Gasteiger partial charge on any atom is -0.450 e. The van der Waals surface area contributed by atoms with Crippen LogP contribution in [-0.2, 0) is 38.1 Å². The number of cyclic esters (lactones) is 1. The maximum Gasteiger partial charge on any atom is 0.339 e. The summed E-state index contributed by atoms with van der Waals surface area (Å²) >= 11 is 0. The van der Waals surface area contributed by atoms with Gasteiger partial charge in [-0.05, 0) is 45.1 Å². The highest BCUT2D eigenvalue weighted by Crippen LogP contribution is 2.85. The van der Waals surface area contributed by atoms with Crippen LogP contribution in [0.4, 0.5) is 0 Å². The molecule has 9 aliphatic rings. The third-order valence-electron chi connectivity index (χ3n) is 12.7. The molecule has 0 radical (unpaired) electrons. The van der Waals surface area contributed by atoms with Crippen LogP contribution in [0, 0.1) is 35.0 Å². The Kier molecular flexibility index (Phi) is 3.75. The number of aliphatic hydroxyl groups is 3. The molecule has 40 heavy (non-hydrogen) atoms. The van der Waals surface area contributed by atoms with Gasteiger partial charge in [0.15, 0.2) is 0 Å². The van der Waals surface area contributed by atoms with Gasteiger partial charge in [0.2, 0.25) is 23.0 Å². The highest BCUT2D eigenvalue weighted by molar-refractivity contribution is 5.95. The monoisotopic (exact) mass is 556 g/mol. The molecule has 4 bridgehead atoms. The quantitative estimate of drug-likeness (QED) is 0.355. The summed E-state index contributed by atoms with van der Waals surface area (Å²) in [4.78, 5) is 39.4. The number of carbonyl (C=O) groups is 3. The van der Waals surface area contributed by atoms with Crippen LogP contribution >= 0.6 is 0 Å². The van der Waals surface area contributed by atoms with Gasteiger partial charge in [-0.15, -0.1) is 0 Å². The first kappa shape index (κ1) is 24.4. The van der Waals surface area contributed by atoms with Gasteiger partial charge in [0.25, 0.3) is 0 Å². The smallest absolute Gasteiger partial charge is 0.339 e. The zero-order valence-electron chi connectivity index (χ0n) is 22.8. The second-order valence-electron chi connectivity index (χ2n) is 14.4. The number of fused-ring (bicyclic) bond motifs is 6. The number of rotatable bonds is 0. The van der Waals surface area contributed by atoms with Crippen LogP contribution in [0.15, 0.2) is 23.0 Å². The third kappa shape index (κ3) is 1.99. The molecule has 6 saturated heterocycles. The molecule has 3 N–H and O–H groups in total. The minimum atomic E-state index is -2.42. The summed E-state index contributed by atoms with van der Waals surface area (Å²) in [6, 6.07) is 0. The predicted octanol–water partition coefficient (Wildman–Crippen LogP) is 0.394. The fourth-order valence-electron chi connectivity index (χ4n) is 11.3. The van der Waals surface area contributed by atoms with Crippen LogP contribution in [0.1, 0.15) is 53.9 Å². The lowest BCUT2D eigenvalue weighted by Crippen LogP contribution is -2.74. The zero-order chi connectivity index (χ0) is 28.4. The van der Waals surface area contributed by atoms with E-state index in [0.717, 1.165) is 0 Å². The first-order chi connectivity index (χ1) is 18.5. The van der Waals surface area contributed by atoms with Crippen LogP contribution in [-0.4, -0.2) is 79.2 Å². The van der Waals surface area contributed by atoms with E-state index in [2.05, 4.69) is 0 Å². The van der Waals surface area contributed by atoms with Crippen molar-refractivity contribution in [3.05, 3.63) is 23.0 Å². The Hall–Kier alpha value is -2.15. The van der Waals surface area contributed by atoms with Crippen LogP contribution in [0.5, 0.6) is 0 Å². The molecule has 1 unspecified atom stereocenters. The van der Waals surface area contributed by atoms with Crippen molar-refractivity contribution in [2.24, 2.45) is 35.0 Å². The molecule has 2 saturated carbocycles. The highest BCUT2D eigenvalue weighted by Gasteiger charge is 2.98. The van der Waals surface area contributed by atoms with E-state index in [1.165, 1.54) is 0 Å². The van der Waals surface area contributed by atoms with E-state index >= 15 is 0 Å². The van der Waals surface area contributed by atoms with E-state index in [1.807, 2.05) is 27.7 Å². The van der Waals surface area contributed by atoms with Crippen molar-refractivity contribution in [3.8, 4) is 0 Å². The van der Waals surface area contributed by atoms with Gasteiger partial charge >= 0.3 is 11.9 Å². The molecule has 0 aromatic carbocycles. The fourth-order valence-corrected chi connectivity index (χ4v) is 11.3. The van der Waals surface area contributed by atoms with Crippen LogP contribution in [0.3, 0.4) is 0 Å². The molecule has 0 aromatic heterocycles. The average Bonchev–Trinajstić information content (AvgIpc) is 3.10. The van der Waals surface area contributed by atoms with Gasteiger partial charge in [0.05, 0.1) is 29.6 Å². The molecule has 2 aliphatic carbocycles. The fraction of sp³-hybridized carbons (Fsp3) is 0.759. The van der Waals surface area contributed by atoms with E-state index in [-0.39, 0.29) is 36.9 Å². The molecule has 2 spiro atoms. The molecule has 9 rings (SSSR count).